The second-order valence-corrected chi connectivity index (χ2v) is 5.22. The van der Waals surface area contributed by atoms with E-state index in [-0.39, 0.29) is 6.35 Å². The second kappa shape index (κ2) is 8.75. The maximum absolute atomic E-state index is 11.7. The summed E-state index contributed by atoms with van der Waals surface area (Å²) in [5.74, 6) is -0.408. The Morgan fingerprint density at radius 3 is 2.68 bits per heavy atom. The van der Waals surface area contributed by atoms with E-state index in [4.69, 9.17) is 9.47 Å². The molecule has 0 spiro atoms. The van der Waals surface area contributed by atoms with E-state index in [2.05, 4.69) is 5.09 Å². The maximum atomic E-state index is 11.7. The molecular formula is C13H19NO4P+. The van der Waals surface area contributed by atoms with E-state index in [9.17, 15) is 9.36 Å². The summed E-state index contributed by atoms with van der Waals surface area (Å²) in [5, 5.41) is 2.66. The van der Waals surface area contributed by atoms with Gasteiger partial charge in [-0.15, -0.1) is 0 Å². The van der Waals surface area contributed by atoms with Crippen LogP contribution >= 0.6 is 7.95 Å². The van der Waals surface area contributed by atoms with Gasteiger partial charge in [-0.25, -0.2) is 0 Å². The van der Waals surface area contributed by atoms with Crippen LogP contribution in [0.2, 0.25) is 0 Å². The van der Waals surface area contributed by atoms with E-state index in [1.165, 1.54) is 0 Å². The van der Waals surface area contributed by atoms with Crippen molar-refractivity contribution in [1.82, 2.24) is 5.09 Å². The van der Waals surface area contributed by atoms with Crippen LogP contribution in [0.15, 0.2) is 30.3 Å². The molecule has 0 heterocycles. The van der Waals surface area contributed by atoms with E-state index in [1.54, 1.807) is 13.8 Å². The molecule has 1 aromatic carbocycles. The topological polar surface area (TPSA) is 64.6 Å². The Bertz CT molecular complexity index is 410. The van der Waals surface area contributed by atoms with Crippen molar-refractivity contribution in [1.29, 1.82) is 0 Å². The van der Waals surface area contributed by atoms with Crippen LogP contribution in [0.25, 0.3) is 0 Å². The fourth-order valence-electron chi connectivity index (χ4n) is 1.39. The molecule has 0 aromatic heterocycles. The highest BCUT2D eigenvalue weighted by Gasteiger charge is 2.25. The molecular weight excluding hydrogens is 265 g/mol. The zero-order valence-electron chi connectivity index (χ0n) is 11.2. The standard InChI is InChI=1S/C13H19NO4P/c1-3-18-13(15)11(2)14-19(16)10-17-9-12-7-5-4-6-8-12/h4-8,11H,3,9-10H2,1-2H3,(H,14,16)/q+1/t11-/m0/s1. The molecule has 2 atom stereocenters. The molecule has 19 heavy (non-hydrogen) atoms. The van der Waals surface area contributed by atoms with Gasteiger partial charge in [-0.2, -0.15) is 0 Å². The lowest BCUT2D eigenvalue weighted by atomic mass is 10.2. The number of ether oxygens (including phenoxy) is 2. The average Bonchev–Trinajstić information content (AvgIpc) is 2.40. The highest BCUT2D eigenvalue weighted by molar-refractivity contribution is 7.42. The van der Waals surface area contributed by atoms with Crippen LogP contribution in [0.5, 0.6) is 0 Å². The largest absolute Gasteiger partial charge is 0.465 e. The predicted octanol–water partition coefficient (Wildman–Crippen LogP) is 2.44. The Morgan fingerprint density at radius 1 is 1.37 bits per heavy atom. The van der Waals surface area contributed by atoms with Gasteiger partial charge < -0.3 is 9.47 Å². The van der Waals surface area contributed by atoms with E-state index in [0.717, 1.165) is 5.56 Å². The molecule has 0 aliphatic heterocycles. The molecule has 0 fully saturated rings. The lowest BCUT2D eigenvalue weighted by Crippen LogP contribution is -2.31. The molecule has 104 valence electrons. The van der Waals surface area contributed by atoms with Gasteiger partial charge in [-0.05, 0) is 24.0 Å². The third kappa shape index (κ3) is 6.43. The fourth-order valence-corrected chi connectivity index (χ4v) is 2.26. The van der Waals surface area contributed by atoms with Crippen LogP contribution in [0.3, 0.4) is 0 Å². The fraction of sp³-hybridized carbons (Fsp3) is 0.462. The van der Waals surface area contributed by atoms with Crippen molar-refractivity contribution in [2.75, 3.05) is 13.0 Å². The lowest BCUT2D eigenvalue weighted by molar-refractivity contribution is -0.144. The lowest BCUT2D eigenvalue weighted by Gasteiger charge is -2.05. The summed E-state index contributed by atoms with van der Waals surface area (Å²) >= 11 is 0. The minimum absolute atomic E-state index is 0.0635. The monoisotopic (exact) mass is 284 g/mol. The molecule has 6 heteroatoms. The third-order valence-electron chi connectivity index (χ3n) is 2.30. The van der Waals surface area contributed by atoms with Crippen LogP contribution in [0.1, 0.15) is 19.4 Å². The minimum Gasteiger partial charge on any atom is -0.465 e. The minimum atomic E-state index is -1.78. The molecule has 0 aliphatic carbocycles. The summed E-state index contributed by atoms with van der Waals surface area (Å²) in [6.45, 7) is 4.06. The Labute approximate surface area is 114 Å². The van der Waals surface area contributed by atoms with Gasteiger partial charge in [-0.1, -0.05) is 35.4 Å². The highest BCUT2D eigenvalue weighted by Crippen LogP contribution is 2.17. The van der Waals surface area contributed by atoms with E-state index in [0.29, 0.717) is 13.2 Å². The Morgan fingerprint density at radius 2 is 2.05 bits per heavy atom. The Kier molecular flexibility index (Phi) is 7.26. The predicted molar refractivity (Wildman–Crippen MR) is 72.9 cm³/mol. The van der Waals surface area contributed by atoms with Crippen molar-refractivity contribution in [3.8, 4) is 0 Å². The number of hydrogen-bond acceptors (Lipinski definition) is 4. The first kappa shape index (κ1) is 15.8. The van der Waals surface area contributed by atoms with E-state index >= 15 is 0 Å². The maximum Gasteiger partial charge on any atom is 0.461 e. The first-order chi connectivity index (χ1) is 9.13. The third-order valence-corrected chi connectivity index (χ3v) is 3.39. The van der Waals surface area contributed by atoms with Crippen LogP contribution in [-0.2, 0) is 25.4 Å². The summed E-state index contributed by atoms with van der Waals surface area (Å²) in [6, 6.07) is 9.03. The molecule has 0 bridgehead atoms. The molecule has 1 aromatic rings. The summed E-state index contributed by atoms with van der Waals surface area (Å²) < 4.78 is 21.8. The quantitative estimate of drug-likeness (QED) is 0.586. The van der Waals surface area contributed by atoms with Gasteiger partial charge in [0.05, 0.1) is 13.2 Å². The van der Waals surface area contributed by atoms with Gasteiger partial charge >= 0.3 is 13.9 Å². The molecule has 1 unspecified atom stereocenters. The smallest absolute Gasteiger partial charge is 0.461 e. The molecule has 5 nitrogen and oxygen atoms in total. The zero-order valence-corrected chi connectivity index (χ0v) is 12.1. The molecule has 0 aliphatic rings. The van der Waals surface area contributed by atoms with Gasteiger partial charge in [0, 0.05) is 0 Å². The highest BCUT2D eigenvalue weighted by atomic mass is 31.1. The number of benzene rings is 1. The van der Waals surface area contributed by atoms with Gasteiger partial charge in [0.1, 0.15) is 6.04 Å². The molecule has 0 saturated heterocycles. The van der Waals surface area contributed by atoms with Gasteiger partial charge in [0.2, 0.25) is 0 Å². The van der Waals surface area contributed by atoms with Gasteiger partial charge in [0.25, 0.3) is 6.35 Å². The first-order valence-electron chi connectivity index (χ1n) is 6.12. The number of hydrogen-bond donors (Lipinski definition) is 1. The number of esters is 1. The number of nitrogens with one attached hydrogen (secondary N) is 1. The summed E-state index contributed by atoms with van der Waals surface area (Å²) in [6.07, 6.45) is 0.0635. The Hall–Kier alpha value is -1.29. The molecule has 0 saturated carbocycles. The number of carbonyl (C=O) groups is 1. The van der Waals surface area contributed by atoms with Crippen molar-refractivity contribution in [2.24, 2.45) is 0 Å². The van der Waals surface area contributed by atoms with E-state index in [1.807, 2.05) is 30.3 Å². The van der Waals surface area contributed by atoms with Crippen molar-refractivity contribution >= 4 is 13.9 Å². The zero-order chi connectivity index (χ0) is 14.1. The molecule has 0 amide bonds. The van der Waals surface area contributed by atoms with Gasteiger partial charge in [0.15, 0.2) is 0 Å². The van der Waals surface area contributed by atoms with Crippen LogP contribution in [0.4, 0.5) is 0 Å². The van der Waals surface area contributed by atoms with Crippen molar-refractivity contribution in [3.05, 3.63) is 35.9 Å². The average molecular weight is 284 g/mol. The summed E-state index contributed by atoms with van der Waals surface area (Å²) in [7, 11) is -1.78. The SMILES string of the molecule is CCOC(=O)[C@H](C)N[P+](=O)COCc1ccccc1. The van der Waals surface area contributed by atoms with Crippen LogP contribution < -0.4 is 5.09 Å². The molecule has 1 rings (SSSR count). The molecule has 0 radical (unpaired) electrons. The first-order valence-corrected chi connectivity index (χ1v) is 7.57. The van der Waals surface area contributed by atoms with E-state index < -0.39 is 20.0 Å². The Balaban J connectivity index is 2.23. The normalized spacial score (nSPS) is 12.8. The second-order valence-electron chi connectivity index (χ2n) is 3.94. The van der Waals surface area contributed by atoms with Crippen LogP contribution in [-0.4, -0.2) is 25.0 Å². The summed E-state index contributed by atoms with van der Waals surface area (Å²) in [4.78, 5) is 11.3. The van der Waals surface area contributed by atoms with Crippen molar-refractivity contribution < 1.29 is 18.8 Å². The molecule has 1 N–H and O–H groups in total. The van der Waals surface area contributed by atoms with Crippen molar-refractivity contribution in [2.45, 2.75) is 26.5 Å². The number of rotatable bonds is 8. The van der Waals surface area contributed by atoms with Crippen molar-refractivity contribution in [3.63, 3.8) is 0 Å². The van der Waals surface area contributed by atoms with Crippen LogP contribution in [0, 0.1) is 0 Å². The van der Waals surface area contributed by atoms with Gasteiger partial charge in [-0.3, -0.25) is 4.79 Å². The summed E-state index contributed by atoms with van der Waals surface area (Å²) in [5.41, 5.74) is 1.02. The number of carbonyl (C=O) groups excluding carboxylic acids is 1.